The molecular formula is C14H18N2O5. The van der Waals surface area contributed by atoms with Crippen LogP contribution in [-0.4, -0.2) is 43.2 Å². The van der Waals surface area contributed by atoms with Gasteiger partial charge in [-0.1, -0.05) is 6.92 Å². The lowest BCUT2D eigenvalue weighted by Gasteiger charge is -2.11. The van der Waals surface area contributed by atoms with Crippen molar-refractivity contribution in [2.45, 2.75) is 6.92 Å². The number of carbonyl (C=O) groups is 3. The second-order valence-corrected chi connectivity index (χ2v) is 4.50. The first-order valence-electron chi connectivity index (χ1n) is 6.34. The Kier molecular flexibility index (Phi) is 6.35. The molecule has 1 unspecified atom stereocenters. The van der Waals surface area contributed by atoms with Gasteiger partial charge in [-0.15, -0.1) is 0 Å². The van der Waals surface area contributed by atoms with Crippen molar-refractivity contribution in [1.82, 2.24) is 5.32 Å². The fraction of sp³-hybridized carbons (Fsp3) is 0.357. The molecule has 0 fully saturated rings. The molecule has 1 atom stereocenters. The van der Waals surface area contributed by atoms with E-state index in [1.54, 1.807) is 19.1 Å². The smallest absolute Gasteiger partial charge is 0.322 e. The quantitative estimate of drug-likeness (QED) is 0.687. The number of hydrogen-bond acceptors (Lipinski definition) is 4. The summed E-state index contributed by atoms with van der Waals surface area (Å²) >= 11 is 0. The van der Waals surface area contributed by atoms with Crippen LogP contribution in [0.15, 0.2) is 24.3 Å². The number of hydrogen-bond donors (Lipinski definition) is 3. The van der Waals surface area contributed by atoms with E-state index in [9.17, 15) is 14.4 Å². The van der Waals surface area contributed by atoms with Crippen LogP contribution in [0.4, 0.5) is 5.69 Å². The molecule has 0 spiro atoms. The molecule has 0 bridgehead atoms. The summed E-state index contributed by atoms with van der Waals surface area (Å²) in [6, 6.07) is 6.17. The molecule has 21 heavy (non-hydrogen) atoms. The molecule has 0 saturated carbocycles. The number of ether oxygens (including phenoxy) is 1. The van der Waals surface area contributed by atoms with Gasteiger partial charge < -0.3 is 20.5 Å². The molecular weight excluding hydrogens is 276 g/mol. The Morgan fingerprint density at radius 1 is 1.24 bits per heavy atom. The van der Waals surface area contributed by atoms with Crippen LogP contribution < -0.4 is 10.6 Å². The van der Waals surface area contributed by atoms with E-state index in [1.165, 1.54) is 19.2 Å². The summed E-state index contributed by atoms with van der Waals surface area (Å²) in [6.45, 7) is 1.62. The van der Waals surface area contributed by atoms with E-state index in [2.05, 4.69) is 10.6 Å². The molecule has 7 heteroatoms. The zero-order chi connectivity index (χ0) is 15.8. The number of benzene rings is 1. The van der Waals surface area contributed by atoms with Crippen LogP contribution in [0.3, 0.4) is 0 Å². The molecule has 0 aliphatic heterocycles. The van der Waals surface area contributed by atoms with Gasteiger partial charge >= 0.3 is 5.97 Å². The summed E-state index contributed by atoms with van der Waals surface area (Å²) in [4.78, 5) is 33.7. The minimum atomic E-state index is -1.11. The van der Waals surface area contributed by atoms with Gasteiger partial charge in [0.05, 0.1) is 12.5 Å². The van der Waals surface area contributed by atoms with Crippen molar-refractivity contribution >= 4 is 23.5 Å². The van der Waals surface area contributed by atoms with Crippen LogP contribution >= 0.6 is 0 Å². The van der Waals surface area contributed by atoms with Crippen molar-refractivity contribution in [2.75, 3.05) is 25.6 Å². The standard InChI is InChI=1S/C14H18N2O5/c1-9(8-21-2)13(19)16-11-5-3-10(4-6-11)14(20)15-7-12(17)18/h3-6,9H,7-8H2,1-2H3,(H,15,20)(H,16,19)(H,17,18). The molecule has 0 aliphatic carbocycles. The molecule has 3 N–H and O–H groups in total. The summed E-state index contributed by atoms with van der Waals surface area (Å²) in [5, 5.41) is 13.4. The first-order chi connectivity index (χ1) is 9.93. The zero-order valence-corrected chi connectivity index (χ0v) is 11.9. The first kappa shape index (κ1) is 16.6. The van der Waals surface area contributed by atoms with Crippen LogP contribution in [-0.2, 0) is 14.3 Å². The molecule has 0 aromatic heterocycles. The van der Waals surface area contributed by atoms with E-state index in [-0.39, 0.29) is 11.8 Å². The fourth-order valence-corrected chi connectivity index (χ4v) is 1.55. The van der Waals surface area contributed by atoms with Crippen LogP contribution in [0, 0.1) is 5.92 Å². The number of carboxylic acid groups (broad SMARTS) is 1. The topological polar surface area (TPSA) is 105 Å². The van der Waals surface area contributed by atoms with E-state index >= 15 is 0 Å². The van der Waals surface area contributed by atoms with Crippen LogP contribution in [0.2, 0.25) is 0 Å². The maximum absolute atomic E-state index is 11.8. The van der Waals surface area contributed by atoms with Crippen molar-refractivity contribution < 1.29 is 24.2 Å². The average molecular weight is 294 g/mol. The summed E-state index contributed by atoms with van der Waals surface area (Å²) < 4.78 is 4.90. The Morgan fingerprint density at radius 2 is 1.86 bits per heavy atom. The molecule has 1 rings (SSSR count). The van der Waals surface area contributed by atoms with Gasteiger partial charge in [0.25, 0.3) is 5.91 Å². The summed E-state index contributed by atoms with van der Waals surface area (Å²) in [7, 11) is 1.52. The number of anilines is 1. The first-order valence-corrected chi connectivity index (χ1v) is 6.34. The van der Waals surface area contributed by atoms with E-state index in [1.807, 2.05) is 0 Å². The van der Waals surface area contributed by atoms with Gasteiger partial charge in [-0.05, 0) is 24.3 Å². The SMILES string of the molecule is COCC(C)C(=O)Nc1ccc(C(=O)NCC(=O)O)cc1. The third-order valence-corrected chi connectivity index (χ3v) is 2.68. The zero-order valence-electron chi connectivity index (χ0n) is 11.9. The minimum Gasteiger partial charge on any atom is -0.480 e. The van der Waals surface area contributed by atoms with Crippen molar-refractivity contribution in [3.8, 4) is 0 Å². The van der Waals surface area contributed by atoms with Crippen molar-refractivity contribution in [3.63, 3.8) is 0 Å². The second kappa shape index (κ2) is 8.01. The number of rotatable bonds is 7. The van der Waals surface area contributed by atoms with E-state index in [0.29, 0.717) is 17.9 Å². The molecule has 0 aliphatic rings. The van der Waals surface area contributed by atoms with E-state index in [4.69, 9.17) is 9.84 Å². The maximum atomic E-state index is 11.8. The second-order valence-electron chi connectivity index (χ2n) is 4.50. The molecule has 1 aromatic carbocycles. The maximum Gasteiger partial charge on any atom is 0.322 e. The minimum absolute atomic E-state index is 0.181. The normalized spacial score (nSPS) is 11.5. The van der Waals surface area contributed by atoms with Crippen LogP contribution in [0.5, 0.6) is 0 Å². The highest BCUT2D eigenvalue weighted by atomic mass is 16.5. The number of amides is 2. The van der Waals surface area contributed by atoms with Gasteiger partial charge in [0.1, 0.15) is 6.54 Å². The molecule has 2 amide bonds. The van der Waals surface area contributed by atoms with Gasteiger partial charge in [-0.2, -0.15) is 0 Å². The van der Waals surface area contributed by atoms with E-state index in [0.717, 1.165) is 0 Å². The summed E-state index contributed by atoms with van der Waals surface area (Å²) in [6.07, 6.45) is 0. The van der Waals surface area contributed by atoms with Gasteiger partial charge in [-0.3, -0.25) is 14.4 Å². The highest BCUT2D eigenvalue weighted by Crippen LogP contribution is 2.11. The number of carbonyl (C=O) groups excluding carboxylic acids is 2. The number of carboxylic acids is 1. The molecule has 0 radical (unpaired) electrons. The Morgan fingerprint density at radius 3 is 2.38 bits per heavy atom. The van der Waals surface area contributed by atoms with Crippen molar-refractivity contribution in [2.24, 2.45) is 5.92 Å². The molecule has 1 aromatic rings. The molecule has 0 saturated heterocycles. The Balaban J connectivity index is 2.59. The Bertz CT molecular complexity index is 513. The Labute approximate surface area is 122 Å². The lowest BCUT2D eigenvalue weighted by molar-refractivity contribution is -0.135. The lowest BCUT2D eigenvalue weighted by atomic mass is 10.1. The van der Waals surface area contributed by atoms with Crippen molar-refractivity contribution in [3.05, 3.63) is 29.8 Å². The number of methoxy groups -OCH3 is 1. The van der Waals surface area contributed by atoms with Crippen molar-refractivity contribution in [1.29, 1.82) is 0 Å². The summed E-state index contributed by atoms with van der Waals surface area (Å²) in [5.41, 5.74) is 0.872. The highest BCUT2D eigenvalue weighted by molar-refractivity contribution is 5.97. The largest absolute Gasteiger partial charge is 0.480 e. The predicted molar refractivity (Wildman–Crippen MR) is 76.1 cm³/mol. The van der Waals surface area contributed by atoms with Crippen LogP contribution in [0.1, 0.15) is 17.3 Å². The highest BCUT2D eigenvalue weighted by Gasteiger charge is 2.13. The predicted octanol–water partition coefficient (Wildman–Crippen LogP) is 0.722. The van der Waals surface area contributed by atoms with E-state index < -0.39 is 18.4 Å². The van der Waals surface area contributed by atoms with Crippen LogP contribution in [0.25, 0.3) is 0 Å². The fourth-order valence-electron chi connectivity index (χ4n) is 1.55. The number of aliphatic carboxylic acids is 1. The van der Waals surface area contributed by atoms with Gasteiger partial charge in [0.15, 0.2) is 0 Å². The molecule has 114 valence electrons. The summed E-state index contributed by atoms with van der Waals surface area (Å²) in [5.74, 6) is -2.06. The lowest BCUT2D eigenvalue weighted by Crippen LogP contribution is -2.29. The molecule has 0 heterocycles. The van der Waals surface area contributed by atoms with Gasteiger partial charge in [0.2, 0.25) is 5.91 Å². The third kappa shape index (κ3) is 5.62. The average Bonchev–Trinajstić information content (AvgIpc) is 2.45. The van der Waals surface area contributed by atoms with Gasteiger partial charge in [0, 0.05) is 18.4 Å². The number of nitrogens with one attached hydrogen (secondary N) is 2. The third-order valence-electron chi connectivity index (χ3n) is 2.68. The van der Waals surface area contributed by atoms with Gasteiger partial charge in [-0.25, -0.2) is 0 Å². The molecule has 7 nitrogen and oxygen atoms in total. The monoisotopic (exact) mass is 294 g/mol. The Hall–Kier alpha value is -2.41.